The lowest BCUT2D eigenvalue weighted by atomic mass is 10.1. The number of benzene rings is 2. The lowest BCUT2D eigenvalue weighted by Gasteiger charge is -2.01. The Hall–Kier alpha value is -3.54. The highest BCUT2D eigenvalue weighted by Crippen LogP contribution is 2.19. The number of aliphatic imine (C=N–C) groups is 1. The maximum atomic E-state index is 5.89. The Kier molecular flexibility index (Phi) is 5.38. The van der Waals surface area contributed by atoms with E-state index in [0.29, 0.717) is 12.5 Å². The molecule has 2 aromatic heterocycles. The van der Waals surface area contributed by atoms with Gasteiger partial charge in [-0.1, -0.05) is 36.4 Å². The van der Waals surface area contributed by atoms with Gasteiger partial charge < -0.3 is 15.7 Å². The van der Waals surface area contributed by atoms with Crippen molar-refractivity contribution in [3.8, 4) is 0 Å². The van der Waals surface area contributed by atoms with E-state index in [1.54, 1.807) is 6.21 Å². The van der Waals surface area contributed by atoms with Crippen molar-refractivity contribution in [2.24, 2.45) is 15.8 Å². The maximum absolute atomic E-state index is 5.89. The van der Waals surface area contributed by atoms with Crippen LogP contribution in [0.4, 0.5) is 0 Å². The molecule has 0 saturated carbocycles. The molecule has 4 aromatic rings. The molecule has 2 aromatic carbocycles. The molecule has 0 aliphatic carbocycles. The summed E-state index contributed by atoms with van der Waals surface area (Å²) >= 11 is 0. The summed E-state index contributed by atoms with van der Waals surface area (Å²) in [6, 6.07) is 16.5. The van der Waals surface area contributed by atoms with Crippen molar-refractivity contribution in [3.63, 3.8) is 0 Å². The van der Waals surface area contributed by atoms with E-state index in [1.165, 1.54) is 16.5 Å². The maximum Gasteiger partial charge on any atom is 0.209 e. The fraction of sp³-hybridized carbons (Fsp3) is 0.182. The van der Waals surface area contributed by atoms with Crippen molar-refractivity contribution in [2.45, 2.75) is 19.3 Å². The van der Waals surface area contributed by atoms with Crippen LogP contribution in [-0.2, 0) is 6.42 Å². The number of para-hydroxylation sites is 2. The van der Waals surface area contributed by atoms with Gasteiger partial charge in [0.25, 0.3) is 0 Å². The van der Waals surface area contributed by atoms with E-state index >= 15 is 0 Å². The van der Waals surface area contributed by atoms with Gasteiger partial charge in [-0.15, -0.1) is 0 Å². The second-order valence-corrected chi connectivity index (χ2v) is 6.74. The first-order chi connectivity index (χ1) is 13.8. The fourth-order valence-corrected chi connectivity index (χ4v) is 3.37. The minimum Gasteiger partial charge on any atom is -0.369 e. The molecule has 0 aliphatic heterocycles. The lowest BCUT2D eigenvalue weighted by Crippen LogP contribution is -2.27. The summed E-state index contributed by atoms with van der Waals surface area (Å²) in [6.45, 7) is 0.684. The van der Waals surface area contributed by atoms with E-state index in [0.717, 1.165) is 35.7 Å². The number of nitrogens with two attached hydrogens (primary N) is 1. The number of hydrogen-bond acceptors (Lipinski definition) is 2. The zero-order valence-electron chi connectivity index (χ0n) is 15.7. The van der Waals surface area contributed by atoms with Crippen LogP contribution in [0, 0.1) is 0 Å². The number of nitrogens with one attached hydrogen (secondary N) is 3. The van der Waals surface area contributed by atoms with E-state index in [4.69, 9.17) is 5.73 Å². The van der Waals surface area contributed by atoms with Crippen LogP contribution in [0.15, 0.2) is 71.0 Å². The first-order valence-corrected chi connectivity index (χ1v) is 9.51. The highest BCUT2D eigenvalue weighted by molar-refractivity contribution is 5.99. The number of unbranched alkanes of at least 4 members (excludes halogenated alkanes) is 1. The summed E-state index contributed by atoms with van der Waals surface area (Å²) < 4.78 is 0. The van der Waals surface area contributed by atoms with Gasteiger partial charge in [-0.3, -0.25) is 4.99 Å². The number of fused-ring (bicyclic) bond motifs is 2. The lowest BCUT2D eigenvalue weighted by molar-refractivity contribution is 0.744. The molecule has 6 heteroatoms. The molecule has 0 bridgehead atoms. The number of aromatic amines is 2. The number of H-pyrrole nitrogens is 2. The van der Waals surface area contributed by atoms with Crippen LogP contribution in [0.3, 0.4) is 0 Å². The molecular formula is C22H24N6. The molecule has 0 radical (unpaired) electrons. The molecule has 0 aliphatic rings. The van der Waals surface area contributed by atoms with E-state index < -0.39 is 0 Å². The average Bonchev–Trinajstić information content (AvgIpc) is 3.32. The van der Waals surface area contributed by atoms with Crippen molar-refractivity contribution in [1.82, 2.24) is 15.4 Å². The monoisotopic (exact) mass is 372 g/mol. The largest absolute Gasteiger partial charge is 0.369 e. The summed E-state index contributed by atoms with van der Waals surface area (Å²) in [6.07, 6.45) is 8.85. The second kappa shape index (κ2) is 8.43. The van der Waals surface area contributed by atoms with Crippen molar-refractivity contribution in [1.29, 1.82) is 0 Å². The van der Waals surface area contributed by atoms with Crippen LogP contribution in [0.5, 0.6) is 0 Å². The molecule has 0 fully saturated rings. The van der Waals surface area contributed by atoms with E-state index in [-0.39, 0.29) is 0 Å². The third-order valence-electron chi connectivity index (χ3n) is 4.82. The molecule has 5 N–H and O–H groups in total. The first kappa shape index (κ1) is 17.9. The third kappa shape index (κ3) is 4.06. The third-order valence-corrected chi connectivity index (χ3v) is 4.82. The SMILES string of the molecule is NC(=NCCCCc1c[nH]c2ccccc12)NN=Cc1c[nH]c2ccccc12. The van der Waals surface area contributed by atoms with Crippen molar-refractivity contribution >= 4 is 34.0 Å². The van der Waals surface area contributed by atoms with Crippen LogP contribution in [0.1, 0.15) is 24.0 Å². The molecule has 142 valence electrons. The van der Waals surface area contributed by atoms with Gasteiger partial charge in [-0.2, -0.15) is 5.10 Å². The van der Waals surface area contributed by atoms with Crippen molar-refractivity contribution in [2.75, 3.05) is 6.54 Å². The molecule has 0 saturated heterocycles. The van der Waals surface area contributed by atoms with Gasteiger partial charge in [0.15, 0.2) is 0 Å². The Labute approximate surface area is 163 Å². The highest BCUT2D eigenvalue weighted by Gasteiger charge is 2.02. The molecule has 0 atom stereocenters. The molecule has 4 rings (SSSR count). The Morgan fingerprint density at radius 2 is 1.64 bits per heavy atom. The summed E-state index contributed by atoms with van der Waals surface area (Å²) in [5.41, 5.74) is 13.3. The predicted molar refractivity (Wildman–Crippen MR) is 117 cm³/mol. The number of aromatic nitrogens is 2. The van der Waals surface area contributed by atoms with E-state index in [9.17, 15) is 0 Å². The number of guanidine groups is 1. The summed E-state index contributed by atoms with van der Waals surface area (Å²) in [7, 11) is 0. The summed E-state index contributed by atoms with van der Waals surface area (Å²) in [4.78, 5) is 10.9. The summed E-state index contributed by atoms with van der Waals surface area (Å²) in [5.74, 6) is 0.336. The molecule has 6 nitrogen and oxygen atoms in total. The van der Waals surface area contributed by atoms with Crippen LogP contribution >= 0.6 is 0 Å². The zero-order chi connectivity index (χ0) is 19.2. The number of hydrogen-bond donors (Lipinski definition) is 4. The van der Waals surface area contributed by atoms with Gasteiger partial charge >= 0.3 is 0 Å². The van der Waals surface area contributed by atoms with E-state index in [1.807, 2.05) is 30.5 Å². The molecule has 28 heavy (non-hydrogen) atoms. The number of rotatable bonds is 7. The standard InChI is InChI=1S/C22H24N6/c23-22(28-27-15-17-14-26-21-11-4-2-9-19(17)21)24-12-6-5-7-16-13-25-20-10-3-1-8-18(16)20/h1-4,8-11,13-15,25-26H,5-7,12H2,(H3,23,24,28). The number of hydrazone groups is 1. The molecule has 0 amide bonds. The van der Waals surface area contributed by atoms with Crippen LogP contribution in [0.2, 0.25) is 0 Å². The van der Waals surface area contributed by atoms with Gasteiger partial charge in [0.05, 0.1) is 6.21 Å². The Morgan fingerprint density at radius 1 is 0.929 bits per heavy atom. The quantitative estimate of drug-likeness (QED) is 0.171. The van der Waals surface area contributed by atoms with Crippen LogP contribution in [0.25, 0.3) is 21.8 Å². The number of aryl methyl sites for hydroxylation is 1. The van der Waals surface area contributed by atoms with Gasteiger partial charge in [-0.25, -0.2) is 5.43 Å². The minimum atomic E-state index is 0.336. The van der Waals surface area contributed by atoms with Crippen LogP contribution in [-0.4, -0.2) is 28.7 Å². The topological polar surface area (TPSA) is 94.3 Å². The van der Waals surface area contributed by atoms with Gasteiger partial charge in [0.1, 0.15) is 0 Å². The van der Waals surface area contributed by atoms with Gasteiger partial charge in [0.2, 0.25) is 5.96 Å². The van der Waals surface area contributed by atoms with Gasteiger partial charge in [0, 0.05) is 46.3 Å². The molecular weight excluding hydrogens is 348 g/mol. The van der Waals surface area contributed by atoms with E-state index in [2.05, 4.69) is 55.9 Å². The highest BCUT2D eigenvalue weighted by atomic mass is 15.3. The Balaban J connectivity index is 1.22. The van der Waals surface area contributed by atoms with Crippen molar-refractivity contribution in [3.05, 3.63) is 72.1 Å². The molecule has 0 spiro atoms. The second-order valence-electron chi connectivity index (χ2n) is 6.74. The normalized spacial score (nSPS) is 12.4. The predicted octanol–water partition coefficient (Wildman–Crippen LogP) is 3.91. The molecule has 2 heterocycles. The molecule has 0 unspecified atom stereocenters. The average molecular weight is 372 g/mol. The van der Waals surface area contributed by atoms with Crippen molar-refractivity contribution < 1.29 is 0 Å². The van der Waals surface area contributed by atoms with Gasteiger partial charge in [-0.05, 0) is 37.0 Å². The smallest absolute Gasteiger partial charge is 0.209 e. The fourth-order valence-electron chi connectivity index (χ4n) is 3.37. The minimum absolute atomic E-state index is 0.336. The van der Waals surface area contributed by atoms with Crippen LogP contribution < -0.4 is 11.2 Å². The number of nitrogens with zero attached hydrogens (tertiary/aromatic N) is 2. The zero-order valence-corrected chi connectivity index (χ0v) is 15.7. The first-order valence-electron chi connectivity index (χ1n) is 9.51. The Morgan fingerprint density at radius 3 is 2.50 bits per heavy atom. The summed E-state index contributed by atoms with van der Waals surface area (Å²) in [5, 5.41) is 6.61. The Bertz CT molecular complexity index is 1120.